The lowest BCUT2D eigenvalue weighted by molar-refractivity contribution is -0.138. The normalized spacial score (nSPS) is 22.2. The predicted molar refractivity (Wildman–Crippen MR) is 74.8 cm³/mol. The van der Waals surface area contributed by atoms with Crippen LogP contribution in [0.3, 0.4) is 0 Å². The maximum atomic E-state index is 12.4. The molecule has 0 aromatic heterocycles. The molecule has 3 rings (SSSR count). The van der Waals surface area contributed by atoms with E-state index in [1.807, 2.05) is 25.1 Å². The standard InChI is InChI=1S/C15H18N2O3/c1-9(10-6-7-10)16-15(20)17-12-5-3-2-4-11(12)8-13(17)14(18)19/h2-5,9-10,13H,6-8H2,1H3,(H,16,20)(H,18,19)/t9?,13-/m0/s1. The Kier molecular flexibility index (Phi) is 3.12. The minimum atomic E-state index is -0.963. The maximum Gasteiger partial charge on any atom is 0.327 e. The molecule has 5 heteroatoms. The second-order valence-corrected chi connectivity index (χ2v) is 5.63. The van der Waals surface area contributed by atoms with Crippen molar-refractivity contribution in [3.8, 4) is 0 Å². The number of carbonyl (C=O) groups excluding carboxylic acids is 1. The van der Waals surface area contributed by atoms with Gasteiger partial charge in [-0.3, -0.25) is 4.90 Å². The maximum absolute atomic E-state index is 12.4. The van der Waals surface area contributed by atoms with Crippen molar-refractivity contribution in [3.63, 3.8) is 0 Å². The van der Waals surface area contributed by atoms with Crippen molar-refractivity contribution in [2.24, 2.45) is 5.92 Å². The summed E-state index contributed by atoms with van der Waals surface area (Å²) in [4.78, 5) is 25.2. The van der Waals surface area contributed by atoms with Gasteiger partial charge >= 0.3 is 12.0 Å². The molecule has 0 radical (unpaired) electrons. The summed E-state index contributed by atoms with van der Waals surface area (Å²) in [7, 11) is 0. The largest absolute Gasteiger partial charge is 0.480 e. The molecular weight excluding hydrogens is 256 g/mol. The number of carboxylic acid groups (broad SMARTS) is 1. The van der Waals surface area contributed by atoms with E-state index in [0.717, 1.165) is 18.4 Å². The third kappa shape index (κ3) is 2.24. The molecule has 1 fully saturated rings. The van der Waals surface area contributed by atoms with Gasteiger partial charge in [0.25, 0.3) is 0 Å². The molecule has 1 aliphatic heterocycles. The van der Waals surface area contributed by atoms with Crippen LogP contribution in [-0.2, 0) is 11.2 Å². The zero-order chi connectivity index (χ0) is 14.3. The highest BCUT2D eigenvalue weighted by Crippen LogP contribution is 2.34. The summed E-state index contributed by atoms with van der Waals surface area (Å²) < 4.78 is 0. The van der Waals surface area contributed by atoms with Crippen LogP contribution in [0, 0.1) is 5.92 Å². The van der Waals surface area contributed by atoms with Gasteiger partial charge in [-0.1, -0.05) is 18.2 Å². The molecule has 106 valence electrons. The highest BCUT2D eigenvalue weighted by molar-refractivity contribution is 6.01. The number of carbonyl (C=O) groups is 2. The topological polar surface area (TPSA) is 69.6 Å². The monoisotopic (exact) mass is 274 g/mol. The van der Waals surface area contributed by atoms with Crippen molar-refractivity contribution in [2.75, 3.05) is 4.90 Å². The van der Waals surface area contributed by atoms with Crippen LogP contribution in [0.5, 0.6) is 0 Å². The van der Waals surface area contributed by atoms with E-state index in [9.17, 15) is 14.7 Å². The van der Waals surface area contributed by atoms with Crippen LogP contribution in [0.25, 0.3) is 0 Å². The van der Waals surface area contributed by atoms with E-state index in [0.29, 0.717) is 18.0 Å². The Bertz CT molecular complexity index is 554. The summed E-state index contributed by atoms with van der Waals surface area (Å²) in [6, 6.07) is 6.37. The average Bonchev–Trinajstić information content (AvgIpc) is 3.18. The second-order valence-electron chi connectivity index (χ2n) is 5.63. The summed E-state index contributed by atoms with van der Waals surface area (Å²) in [6.45, 7) is 1.98. The van der Waals surface area contributed by atoms with Crippen molar-refractivity contribution < 1.29 is 14.7 Å². The first-order chi connectivity index (χ1) is 9.58. The molecule has 2 aliphatic rings. The van der Waals surface area contributed by atoms with Crippen LogP contribution in [-0.4, -0.2) is 29.2 Å². The Labute approximate surface area is 117 Å². The molecule has 1 unspecified atom stereocenters. The number of para-hydroxylation sites is 1. The molecule has 0 saturated heterocycles. The van der Waals surface area contributed by atoms with Crippen molar-refractivity contribution in [2.45, 2.75) is 38.3 Å². The van der Waals surface area contributed by atoms with Crippen LogP contribution in [0.2, 0.25) is 0 Å². The highest BCUT2D eigenvalue weighted by Gasteiger charge is 2.39. The minimum Gasteiger partial charge on any atom is -0.480 e. The molecule has 1 heterocycles. The average molecular weight is 274 g/mol. The summed E-state index contributed by atoms with van der Waals surface area (Å²) in [5, 5.41) is 12.3. The molecule has 2 N–H and O–H groups in total. The fourth-order valence-corrected chi connectivity index (χ4v) is 2.81. The molecule has 1 aliphatic carbocycles. The van der Waals surface area contributed by atoms with Crippen LogP contribution in [0.4, 0.5) is 10.5 Å². The number of anilines is 1. The molecule has 2 amide bonds. The fraction of sp³-hybridized carbons (Fsp3) is 0.467. The van der Waals surface area contributed by atoms with Gasteiger partial charge in [-0.05, 0) is 37.3 Å². The number of carboxylic acids is 1. The molecule has 0 bridgehead atoms. The smallest absolute Gasteiger partial charge is 0.327 e. The number of fused-ring (bicyclic) bond motifs is 1. The summed E-state index contributed by atoms with van der Waals surface area (Å²) in [5.74, 6) is -0.421. The zero-order valence-electron chi connectivity index (χ0n) is 11.4. The van der Waals surface area contributed by atoms with Crippen molar-refractivity contribution in [3.05, 3.63) is 29.8 Å². The fourth-order valence-electron chi connectivity index (χ4n) is 2.81. The van der Waals surface area contributed by atoms with Gasteiger partial charge in [-0.15, -0.1) is 0 Å². The Morgan fingerprint density at radius 2 is 2.05 bits per heavy atom. The number of nitrogens with one attached hydrogen (secondary N) is 1. The minimum absolute atomic E-state index is 0.102. The number of urea groups is 1. The van der Waals surface area contributed by atoms with Gasteiger partial charge in [-0.2, -0.15) is 0 Å². The lowest BCUT2D eigenvalue weighted by atomic mass is 10.1. The van der Waals surface area contributed by atoms with E-state index in [1.165, 1.54) is 4.90 Å². The Morgan fingerprint density at radius 3 is 2.70 bits per heavy atom. The van der Waals surface area contributed by atoms with E-state index < -0.39 is 12.0 Å². The number of rotatable bonds is 3. The van der Waals surface area contributed by atoms with Gasteiger partial charge in [0.05, 0.1) is 0 Å². The summed E-state index contributed by atoms with van der Waals surface area (Å²) >= 11 is 0. The summed E-state index contributed by atoms with van der Waals surface area (Å²) in [5.41, 5.74) is 1.62. The van der Waals surface area contributed by atoms with Crippen LogP contribution in [0.1, 0.15) is 25.3 Å². The quantitative estimate of drug-likeness (QED) is 0.885. The Hall–Kier alpha value is -2.04. The van der Waals surface area contributed by atoms with Gasteiger partial charge in [0.1, 0.15) is 6.04 Å². The molecular formula is C15H18N2O3. The van der Waals surface area contributed by atoms with E-state index in [1.54, 1.807) is 6.07 Å². The van der Waals surface area contributed by atoms with E-state index in [4.69, 9.17) is 0 Å². The first-order valence-electron chi connectivity index (χ1n) is 6.98. The number of hydrogen-bond acceptors (Lipinski definition) is 2. The third-order valence-electron chi connectivity index (χ3n) is 4.16. The number of nitrogens with zero attached hydrogens (tertiary/aromatic N) is 1. The zero-order valence-corrected chi connectivity index (χ0v) is 11.4. The Morgan fingerprint density at radius 1 is 1.35 bits per heavy atom. The lowest BCUT2D eigenvalue weighted by Crippen LogP contribution is -2.50. The van der Waals surface area contributed by atoms with Gasteiger partial charge < -0.3 is 10.4 Å². The van der Waals surface area contributed by atoms with Crippen molar-refractivity contribution in [1.29, 1.82) is 0 Å². The predicted octanol–water partition coefficient (Wildman–Crippen LogP) is 2.01. The molecule has 5 nitrogen and oxygen atoms in total. The molecule has 1 aromatic carbocycles. The van der Waals surface area contributed by atoms with Crippen LogP contribution < -0.4 is 10.2 Å². The van der Waals surface area contributed by atoms with Crippen LogP contribution in [0.15, 0.2) is 24.3 Å². The van der Waals surface area contributed by atoms with Gasteiger partial charge in [0, 0.05) is 18.2 Å². The summed E-state index contributed by atoms with van der Waals surface area (Å²) in [6.07, 6.45) is 2.65. The van der Waals surface area contributed by atoms with Crippen molar-refractivity contribution >= 4 is 17.7 Å². The van der Waals surface area contributed by atoms with E-state index in [2.05, 4.69) is 5.32 Å². The molecule has 0 spiro atoms. The van der Waals surface area contributed by atoms with Crippen molar-refractivity contribution in [1.82, 2.24) is 5.32 Å². The van der Waals surface area contributed by atoms with Gasteiger partial charge in [0.15, 0.2) is 0 Å². The van der Waals surface area contributed by atoms with E-state index in [-0.39, 0.29) is 12.1 Å². The first kappa shape index (κ1) is 13.0. The first-order valence-corrected chi connectivity index (χ1v) is 6.98. The second kappa shape index (κ2) is 4.81. The Balaban J connectivity index is 1.83. The number of amides is 2. The molecule has 1 aromatic rings. The van der Waals surface area contributed by atoms with Gasteiger partial charge in [-0.25, -0.2) is 9.59 Å². The molecule has 20 heavy (non-hydrogen) atoms. The van der Waals surface area contributed by atoms with Gasteiger partial charge in [0.2, 0.25) is 0 Å². The molecule has 2 atom stereocenters. The molecule has 1 saturated carbocycles. The number of benzene rings is 1. The lowest BCUT2D eigenvalue weighted by Gasteiger charge is -2.25. The van der Waals surface area contributed by atoms with E-state index >= 15 is 0 Å². The number of hydrogen-bond donors (Lipinski definition) is 2. The third-order valence-corrected chi connectivity index (χ3v) is 4.16. The number of aliphatic carboxylic acids is 1. The van der Waals surface area contributed by atoms with Crippen LogP contribution >= 0.6 is 0 Å². The SMILES string of the molecule is CC(NC(=O)N1c2ccccc2C[C@H]1C(=O)O)C1CC1. The highest BCUT2D eigenvalue weighted by atomic mass is 16.4.